The number of hydrogen-bond acceptors (Lipinski definition) is 7. The van der Waals surface area contributed by atoms with Crippen LogP contribution in [0.15, 0.2) is 51.1 Å². The standard InChI is InChI=1S/C22H25N5O2S/c28-22-25-17-4-3-5-19(21(17)29-22)27-12-10-26(11-13-27)9-2-1-8-23-16-6-7-20-18(14-16)24-15-30-20/h3-7,14-15,23H,1-2,8-13H2,(H,25,28). The van der Waals surface area contributed by atoms with Crippen molar-refractivity contribution in [1.82, 2.24) is 14.9 Å². The summed E-state index contributed by atoms with van der Waals surface area (Å²) in [5.74, 6) is -0.392. The third-order valence-electron chi connectivity index (χ3n) is 5.70. The molecule has 4 aromatic rings. The number of thiazole rings is 1. The van der Waals surface area contributed by atoms with Crippen LogP contribution in [-0.2, 0) is 0 Å². The third kappa shape index (κ3) is 4.06. The predicted molar refractivity (Wildman–Crippen MR) is 123 cm³/mol. The molecule has 156 valence electrons. The van der Waals surface area contributed by atoms with Crippen molar-refractivity contribution in [1.29, 1.82) is 0 Å². The van der Waals surface area contributed by atoms with Gasteiger partial charge in [-0.05, 0) is 49.7 Å². The molecule has 1 aliphatic heterocycles. The highest BCUT2D eigenvalue weighted by molar-refractivity contribution is 7.16. The fraction of sp³-hybridized carbons (Fsp3) is 0.364. The number of aromatic amines is 1. The van der Waals surface area contributed by atoms with Crippen molar-refractivity contribution in [3.8, 4) is 0 Å². The van der Waals surface area contributed by atoms with E-state index in [0.717, 1.165) is 68.1 Å². The van der Waals surface area contributed by atoms with E-state index < -0.39 is 5.76 Å². The Labute approximate surface area is 178 Å². The monoisotopic (exact) mass is 423 g/mol. The van der Waals surface area contributed by atoms with Crippen LogP contribution in [0, 0.1) is 0 Å². The largest absolute Gasteiger partial charge is 0.417 e. The van der Waals surface area contributed by atoms with Gasteiger partial charge in [0, 0.05) is 38.4 Å². The molecule has 2 aromatic carbocycles. The highest BCUT2D eigenvalue weighted by atomic mass is 32.1. The second-order valence-corrected chi connectivity index (χ2v) is 8.55. The lowest BCUT2D eigenvalue weighted by Crippen LogP contribution is -2.46. The number of unbranched alkanes of at least 4 members (excludes halogenated alkanes) is 1. The van der Waals surface area contributed by atoms with Gasteiger partial charge >= 0.3 is 5.76 Å². The maximum Gasteiger partial charge on any atom is 0.417 e. The smallest absolute Gasteiger partial charge is 0.406 e. The van der Waals surface area contributed by atoms with E-state index in [1.54, 1.807) is 11.3 Å². The number of hydrogen-bond donors (Lipinski definition) is 2. The van der Waals surface area contributed by atoms with Crippen molar-refractivity contribution in [2.24, 2.45) is 0 Å². The maximum atomic E-state index is 11.5. The Kier molecular flexibility index (Phi) is 5.42. The fourth-order valence-electron chi connectivity index (χ4n) is 4.08. The summed E-state index contributed by atoms with van der Waals surface area (Å²) in [6.45, 7) is 6.03. The van der Waals surface area contributed by atoms with Gasteiger partial charge in [-0.1, -0.05) is 6.07 Å². The number of fused-ring (bicyclic) bond motifs is 2. The second-order valence-electron chi connectivity index (χ2n) is 7.67. The van der Waals surface area contributed by atoms with Crippen molar-refractivity contribution in [2.75, 3.05) is 49.5 Å². The maximum absolute atomic E-state index is 11.5. The van der Waals surface area contributed by atoms with Gasteiger partial charge in [0.05, 0.1) is 26.9 Å². The minimum Gasteiger partial charge on any atom is -0.406 e. The topological polar surface area (TPSA) is 77.4 Å². The van der Waals surface area contributed by atoms with Crippen LogP contribution >= 0.6 is 11.3 Å². The van der Waals surface area contributed by atoms with E-state index >= 15 is 0 Å². The quantitative estimate of drug-likeness (QED) is 0.441. The minimum absolute atomic E-state index is 0.392. The third-order valence-corrected chi connectivity index (χ3v) is 6.51. The molecule has 1 saturated heterocycles. The molecule has 0 amide bonds. The Morgan fingerprint density at radius 3 is 2.93 bits per heavy atom. The van der Waals surface area contributed by atoms with Crippen molar-refractivity contribution in [3.05, 3.63) is 52.5 Å². The van der Waals surface area contributed by atoms with Crippen molar-refractivity contribution >= 4 is 44.0 Å². The van der Waals surface area contributed by atoms with Crippen LogP contribution in [0.4, 0.5) is 11.4 Å². The summed E-state index contributed by atoms with van der Waals surface area (Å²) >= 11 is 1.68. The molecule has 2 aromatic heterocycles. The number of para-hydroxylation sites is 1. The molecule has 0 saturated carbocycles. The van der Waals surface area contributed by atoms with E-state index in [4.69, 9.17) is 4.42 Å². The van der Waals surface area contributed by atoms with Crippen LogP contribution in [0.3, 0.4) is 0 Å². The Hall–Kier alpha value is -2.84. The van der Waals surface area contributed by atoms with Crippen molar-refractivity contribution < 1.29 is 4.42 Å². The van der Waals surface area contributed by atoms with E-state index in [0.29, 0.717) is 5.58 Å². The van der Waals surface area contributed by atoms with Gasteiger partial charge in [-0.15, -0.1) is 11.3 Å². The molecule has 0 radical (unpaired) electrons. The molecule has 1 aliphatic rings. The molecule has 0 bridgehead atoms. The van der Waals surface area contributed by atoms with Gasteiger partial charge in [0.1, 0.15) is 0 Å². The van der Waals surface area contributed by atoms with Gasteiger partial charge in [0.15, 0.2) is 5.58 Å². The lowest BCUT2D eigenvalue weighted by atomic mass is 10.2. The highest BCUT2D eigenvalue weighted by Crippen LogP contribution is 2.26. The van der Waals surface area contributed by atoms with Crippen LogP contribution in [0.1, 0.15) is 12.8 Å². The molecule has 30 heavy (non-hydrogen) atoms. The first-order chi connectivity index (χ1) is 14.8. The van der Waals surface area contributed by atoms with Gasteiger partial charge in [0.25, 0.3) is 0 Å². The Balaban J connectivity index is 1.06. The number of oxazole rings is 1. The van der Waals surface area contributed by atoms with Crippen LogP contribution < -0.4 is 16.0 Å². The number of anilines is 2. The van der Waals surface area contributed by atoms with Gasteiger partial charge in [0.2, 0.25) is 0 Å². The molecule has 0 atom stereocenters. The average Bonchev–Trinajstić information content (AvgIpc) is 3.38. The SMILES string of the molecule is O=c1[nH]c2cccc(N3CCN(CCCCNc4ccc5scnc5c4)CC3)c2o1. The van der Waals surface area contributed by atoms with E-state index in [9.17, 15) is 4.79 Å². The van der Waals surface area contributed by atoms with Gasteiger partial charge in [-0.3, -0.25) is 9.88 Å². The molecule has 7 nitrogen and oxygen atoms in total. The summed E-state index contributed by atoms with van der Waals surface area (Å²) < 4.78 is 6.58. The molecule has 3 heterocycles. The zero-order valence-electron chi connectivity index (χ0n) is 16.8. The van der Waals surface area contributed by atoms with Crippen LogP contribution in [-0.4, -0.2) is 54.1 Å². The summed E-state index contributed by atoms with van der Waals surface area (Å²) in [7, 11) is 0. The second kappa shape index (κ2) is 8.49. The summed E-state index contributed by atoms with van der Waals surface area (Å²) in [5, 5.41) is 3.51. The van der Waals surface area contributed by atoms with Crippen LogP contribution in [0.2, 0.25) is 0 Å². The lowest BCUT2D eigenvalue weighted by Gasteiger charge is -2.36. The molecular weight excluding hydrogens is 398 g/mol. The van der Waals surface area contributed by atoms with Crippen LogP contribution in [0.5, 0.6) is 0 Å². The molecule has 1 fully saturated rings. The Bertz CT molecular complexity index is 1190. The Morgan fingerprint density at radius 2 is 2.03 bits per heavy atom. The summed E-state index contributed by atoms with van der Waals surface area (Å²) in [6, 6.07) is 12.3. The van der Waals surface area contributed by atoms with E-state index in [1.807, 2.05) is 23.7 Å². The van der Waals surface area contributed by atoms with E-state index in [-0.39, 0.29) is 0 Å². The molecule has 8 heteroatoms. The minimum atomic E-state index is -0.392. The normalized spacial score (nSPS) is 15.3. The molecule has 0 aliphatic carbocycles. The number of nitrogens with one attached hydrogen (secondary N) is 2. The number of nitrogens with zero attached hydrogens (tertiary/aromatic N) is 3. The number of aromatic nitrogens is 2. The molecular formula is C22H25N5O2S. The summed E-state index contributed by atoms with van der Waals surface area (Å²) in [6.07, 6.45) is 2.32. The van der Waals surface area contributed by atoms with Crippen LogP contribution in [0.25, 0.3) is 21.3 Å². The number of piperazine rings is 1. The molecule has 0 unspecified atom stereocenters. The zero-order chi connectivity index (χ0) is 20.3. The zero-order valence-corrected chi connectivity index (χ0v) is 17.6. The lowest BCUT2D eigenvalue weighted by molar-refractivity contribution is 0.254. The Morgan fingerprint density at radius 1 is 1.13 bits per heavy atom. The molecule has 5 rings (SSSR count). The molecule has 0 spiro atoms. The first-order valence-corrected chi connectivity index (χ1v) is 11.3. The van der Waals surface area contributed by atoms with Crippen molar-refractivity contribution in [3.63, 3.8) is 0 Å². The first-order valence-electron chi connectivity index (χ1n) is 10.4. The number of benzene rings is 2. The predicted octanol–water partition coefficient (Wildman–Crippen LogP) is 3.75. The van der Waals surface area contributed by atoms with Crippen molar-refractivity contribution in [2.45, 2.75) is 12.8 Å². The number of H-pyrrole nitrogens is 1. The highest BCUT2D eigenvalue weighted by Gasteiger charge is 2.20. The summed E-state index contributed by atoms with van der Waals surface area (Å²) in [4.78, 5) is 23.5. The first kappa shape index (κ1) is 19.1. The summed E-state index contributed by atoms with van der Waals surface area (Å²) in [5.41, 5.74) is 6.54. The fourth-order valence-corrected chi connectivity index (χ4v) is 4.74. The number of rotatable bonds is 7. The van der Waals surface area contributed by atoms with Gasteiger partial charge in [-0.25, -0.2) is 9.78 Å². The van der Waals surface area contributed by atoms with E-state index in [2.05, 4.69) is 43.3 Å². The average molecular weight is 424 g/mol. The molecule has 2 N–H and O–H groups in total. The van der Waals surface area contributed by atoms with Gasteiger partial charge in [-0.2, -0.15) is 0 Å². The van der Waals surface area contributed by atoms with Gasteiger partial charge < -0.3 is 14.6 Å². The van der Waals surface area contributed by atoms with E-state index in [1.165, 1.54) is 11.1 Å².